The Labute approximate surface area is 196 Å². The van der Waals surface area contributed by atoms with Crippen LogP contribution < -0.4 is 15.4 Å². The van der Waals surface area contributed by atoms with E-state index in [1.807, 2.05) is 26.0 Å². The van der Waals surface area contributed by atoms with Crippen LogP contribution in [0.2, 0.25) is 0 Å². The van der Waals surface area contributed by atoms with Crippen LogP contribution in [0.25, 0.3) is 0 Å². The van der Waals surface area contributed by atoms with Gasteiger partial charge in [-0.3, -0.25) is 4.79 Å². The van der Waals surface area contributed by atoms with Gasteiger partial charge in [-0.05, 0) is 50.1 Å². The number of benzene rings is 2. The first-order valence-corrected chi connectivity index (χ1v) is 11.9. The second kappa shape index (κ2) is 10.1. The maximum absolute atomic E-state index is 14.2. The van der Waals surface area contributed by atoms with Gasteiger partial charge in [-0.25, -0.2) is 9.07 Å². The van der Waals surface area contributed by atoms with Crippen LogP contribution in [0, 0.1) is 5.82 Å². The SMILES string of the molecule is CCCSc1nc2n(n1)C(c1cccc(F)c1)C(C(=O)Nc1ccccc1OCC)=C(C)N2. The predicted octanol–water partition coefficient (Wildman–Crippen LogP) is 5.25. The third kappa shape index (κ3) is 4.88. The van der Waals surface area contributed by atoms with Crippen LogP contribution in [-0.4, -0.2) is 33.0 Å². The lowest BCUT2D eigenvalue weighted by atomic mass is 9.95. The number of para-hydroxylation sites is 2. The van der Waals surface area contributed by atoms with E-state index in [0.717, 1.165) is 12.2 Å². The predicted molar refractivity (Wildman–Crippen MR) is 128 cm³/mol. The number of thioether (sulfide) groups is 1. The van der Waals surface area contributed by atoms with Gasteiger partial charge in [-0.1, -0.05) is 43.0 Å². The zero-order valence-electron chi connectivity index (χ0n) is 18.8. The number of aromatic nitrogens is 3. The van der Waals surface area contributed by atoms with Crippen LogP contribution in [0.5, 0.6) is 5.75 Å². The summed E-state index contributed by atoms with van der Waals surface area (Å²) in [5, 5.41) is 11.4. The largest absolute Gasteiger partial charge is 0.492 e. The Bertz CT molecular complexity index is 1190. The van der Waals surface area contributed by atoms with Crippen LogP contribution in [0.3, 0.4) is 0 Å². The number of allylic oxidation sites excluding steroid dienone is 1. The van der Waals surface area contributed by atoms with Gasteiger partial charge >= 0.3 is 0 Å². The summed E-state index contributed by atoms with van der Waals surface area (Å²) in [4.78, 5) is 18.1. The van der Waals surface area contributed by atoms with E-state index in [4.69, 9.17) is 4.74 Å². The third-order valence-electron chi connectivity index (χ3n) is 5.11. The van der Waals surface area contributed by atoms with Gasteiger partial charge in [-0.15, -0.1) is 5.10 Å². The molecule has 1 amide bonds. The molecule has 1 aliphatic heterocycles. The highest BCUT2D eigenvalue weighted by molar-refractivity contribution is 7.99. The third-order valence-corrected chi connectivity index (χ3v) is 6.16. The minimum atomic E-state index is -0.639. The number of carbonyl (C=O) groups excluding carboxylic acids is 1. The fraction of sp³-hybridized carbons (Fsp3) is 0.292. The lowest BCUT2D eigenvalue weighted by Gasteiger charge is -2.28. The Hall–Kier alpha value is -3.33. The Balaban J connectivity index is 1.75. The number of anilines is 2. The second-order valence-corrected chi connectivity index (χ2v) is 8.58. The summed E-state index contributed by atoms with van der Waals surface area (Å²) in [5.74, 6) is 1.27. The Morgan fingerprint density at radius 1 is 1.24 bits per heavy atom. The molecular formula is C24H26FN5O2S. The monoisotopic (exact) mass is 467 g/mol. The lowest BCUT2D eigenvalue weighted by molar-refractivity contribution is -0.113. The summed E-state index contributed by atoms with van der Waals surface area (Å²) in [6.07, 6.45) is 0.986. The van der Waals surface area contributed by atoms with E-state index in [1.54, 1.807) is 40.7 Å². The van der Waals surface area contributed by atoms with E-state index in [1.165, 1.54) is 12.1 Å². The van der Waals surface area contributed by atoms with Crippen molar-refractivity contribution in [3.05, 3.63) is 71.2 Å². The normalized spacial score (nSPS) is 15.1. The van der Waals surface area contributed by atoms with Gasteiger partial charge < -0.3 is 15.4 Å². The molecule has 33 heavy (non-hydrogen) atoms. The van der Waals surface area contributed by atoms with Crippen molar-refractivity contribution in [3.8, 4) is 5.75 Å². The highest BCUT2D eigenvalue weighted by Gasteiger charge is 2.34. The molecule has 1 unspecified atom stereocenters. The molecule has 0 radical (unpaired) electrons. The molecule has 9 heteroatoms. The van der Waals surface area contributed by atoms with Gasteiger partial charge in [0.1, 0.15) is 17.6 Å². The van der Waals surface area contributed by atoms with Crippen LogP contribution in [0.15, 0.2) is 65.0 Å². The van der Waals surface area contributed by atoms with Crippen molar-refractivity contribution < 1.29 is 13.9 Å². The molecule has 0 spiro atoms. The van der Waals surface area contributed by atoms with Crippen molar-refractivity contribution in [1.82, 2.24) is 14.8 Å². The molecule has 4 rings (SSSR count). The van der Waals surface area contributed by atoms with Crippen molar-refractivity contribution in [1.29, 1.82) is 0 Å². The number of rotatable bonds is 8. The first-order chi connectivity index (χ1) is 16.0. The molecule has 0 fully saturated rings. The fourth-order valence-electron chi connectivity index (χ4n) is 3.71. The minimum absolute atomic E-state index is 0.328. The zero-order chi connectivity index (χ0) is 23.4. The summed E-state index contributed by atoms with van der Waals surface area (Å²) in [6, 6.07) is 12.8. The van der Waals surface area contributed by atoms with E-state index in [-0.39, 0.29) is 11.7 Å². The number of nitrogens with one attached hydrogen (secondary N) is 2. The number of hydrogen-bond acceptors (Lipinski definition) is 6. The molecule has 0 aliphatic carbocycles. The first-order valence-electron chi connectivity index (χ1n) is 10.9. The van der Waals surface area contributed by atoms with E-state index >= 15 is 0 Å². The molecule has 2 N–H and O–H groups in total. The molecule has 0 bridgehead atoms. The number of ether oxygens (including phenoxy) is 1. The van der Waals surface area contributed by atoms with E-state index < -0.39 is 6.04 Å². The maximum atomic E-state index is 14.2. The summed E-state index contributed by atoms with van der Waals surface area (Å²) >= 11 is 1.54. The van der Waals surface area contributed by atoms with Crippen LogP contribution >= 0.6 is 11.8 Å². The molecule has 0 saturated heterocycles. The van der Waals surface area contributed by atoms with Gasteiger partial charge in [0.15, 0.2) is 0 Å². The number of nitrogens with zero attached hydrogens (tertiary/aromatic N) is 3. The highest BCUT2D eigenvalue weighted by atomic mass is 32.2. The zero-order valence-corrected chi connectivity index (χ0v) is 19.6. The smallest absolute Gasteiger partial charge is 0.255 e. The number of fused-ring (bicyclic) bond motifs is 1. The van der Waals surface area contributed by atoms with E-state index in [9.17, 15) is 9.18 Å². The number of hydrogen-bond donors (Lipinski definition) is 2. The van der Waals surface area contributed by atoms with Crippen molar-refractivity contribution in [2.75, 3.05) is 23.0 Å². The second-order valence-electron chi connectivity index (χ2n) is 7.52. The fourth-order valence-corrected chi connectivity index (χ4v) is 4.39. The Morgan fingerprint density at radius 3 is 2.82 bits per heavy atom. The maximum Gasteiger partial charge on any atom is 0.255 e. The van der Waals surface area contributed by atoms with Gasteiger partial charge in [-0.2, -0.15) is 4.98 Å². The highest BCUT2D eigenvalue weighted by Crippen LogP contribution is 2.37. The minimum Gasteiger partial charge on any atom is -0.492 e. The molecule has 7 nitrogen and oxygen atoms in total. The van der Waals surface area contributed by atoms with Gasteiger partial charge in [0.05, 0.1) is 17.9 Å². The molecule has 1 atom stereocenters. The average Bonchev–Trinajstić information content (AvgIpc) is 3.20. The number of amides is 1. The quantitative estimate of drug-likeness (QED) is 0.441. The summed E-state index contributed by atoms with van der Waals surface area (Å²) in [7, 11) is 0. The molecule has 0 saturated carbocycles. The average molecular weight is 468 g/mol. The number of halogens is 1. The molecule has 3 aromatic rings. The summed E-state index contributed by atoms with van der Waals surface area (Å²) in [6.45, 7) is 6.26. The van der Waals surface area contributed by atoms with Gasteiger partial charge in [0.2, 0.25) is 11.1 Å². The topological polar surface area (TPSA) is 81.1 Å². The van der Waals surface area contributed by atoms with Crippen molar-refractivity contribution in [2.45, 2.75) is 38.4 Å². The van der Waals surface area contributed by atoms with Crippen molar-refractivity contribution >= 4 is 29.3 Å². The van der Waals surface area contributed by atoms with Gasteiger partial charge in [0, 0.05) is 11.4 Å². The molecule has 1 aliphatic rings. The van der Waals surface area contributed by atoms with E-state index in [0.29, 0.717) is 46.0 Å². The summed E-state index contributed by atoms with van der Waals surface area (Å²) < 4.78 is 21.5. The molecule has 2 aromatic carbocycles. The van der Waals surface area contributed by atoms with Crippen molar-refractivity contribution in [3.63, 3.8) is 0 Å². The van der Waals surface area contributed by atoms with Crippen molar-refractivity contribution in [2.24, 2.45) is 0 Å². The lowest BCUT2D eigenvalue weighted by Crippen LogP contribution is -2.31. The molecule has 1 aromatic heterocycles. The van der Waals surface area contributed by atoms with Crippen LogP contribution in [0.4, 0.5) is 16.0 Å². The molecular weight excluding hydrogens is 441 g/mol. The Kier molecular flexibility index (Phi) is 6.98. The van der Waals surface area contributed by atoms with Crippen LogP contribution in [0.1, 0.15) is 38.8 Å². The summed E-state index contributed by atoms with van der Waals surface area (Å²) in [5.41, 5.74) is 2.22. The standard InChI is InChI=1S/C24H26FN5O2S/c1-4-13-33-24-28-23-26-15(3)20(21(30(23)29-24)16-9-8-10-17(25)14-16)22(31)27-18-11-6-7-12-19(18)32-5-2/h6-12,14,21H,4-5,13H2,1-3H3,(H,27,31)(H,26,28,29). The van der Waals surface area contributed by atoms with E-state index in [2.05, 4.69) is 27.6 Å². The van der Waals surface area contributed by atoms with Crippen LogP contribution in [-0.2, 0) is 4.79 Å². The molecule has 2 heterocycles. The number of carbonyl (C=O) groups is 1. The first kappa shape index (κ1) is 22.8. The Morgan fingerprint density at radius 2 is 2.06 bits per heavy atom. The van der Waals surface area contributed by atoms with Gasteiger partial charge in [0.25, 0.3) is 5.91 Å². The molecule has 172 valence electrons.